The molecule has 0 aromatic heterocycles. The molecule has 1 aliphatic carbocycles. The molecular weight excluding hydrogens is 362 g/mol. The van der Waals surface area contributed by atoms with E-state index in [1.807, 2.05) is 6.26 Å². The van der Waals surface area contributed by atoms with Crippen LogP contribution in [0.2, 0.25) is 0 Å². The van der Waals surface area contributed by atoms with E-state index in [1.54, 1.807) is 6.92 Å². The fraction of sp³-hybridized carbons (Fsp3) is 0.652. The van der Waals surface area contributed by atoms with E-state index in [4.69, 9.17) is 14.2 Å². The van der Waals surface area contributed by atoms with Crippen molar-refractivity contribution in [3.05, 3.63) is 35.6 Å². The minimum absolute atomic E-state index is 0.0339. The molecule has 0 amide bonds. The Morgan fingerprint density at radius 2 is 1.64 bits per heavy atom. The van der Waals surface area contributed by atoms with Gasteiger partial charge in [0.2, 0.25) is 11.6 Å². The highest BCUT2D eigenvalue weighted by atomic mass is 19.2. The molecule has 1 aromatic carbocycles. The molecule has 0 N–H and O–H groups in total. The lowest BCUT2D eigenvalue weighted by atomic mass is 9.77. The normalized spacial score (nSPS) is 25.0. The third-order valence-electron chi connectivity index (χ3n) is 5.93. The van der Waals surface area contributed by atoms with Gasteiger partial charge < -0.3 is 14.2 Å². The van der Waals surface area contributed by atoms with Gasteiger partial charge in [-0.2, -0.15) is 8.78 Å². The molecule has 1 fully saturated rings. The summed E-state index contributed by atoms with van der Waals surface area (Å²) in [7, 11) is 0. The van der Waals surface area contributed by atoms with Gasteiger partial charge in [0.1, 0.15) is 0 Å². The minimum Gasteiger partial charge on any atom is -0.498 e. The Bertz CT molecular complexity index is 666. The molecule has 1 saturated carbocycles. The Kier molecular flexibility index (Phi) is 7.57. The number of rotatable bonds is 8. The van der Waals surface area contributed by atoms with Crippen molar-refractivity contribution < 1.29 is 23.0 Å². The van der Waals surface area contributed by atoms with E-state index in [0.29, 0.717) is 31.2 Å². The number of allylic oxidation sites excluding steroid dienone is 1. The molecule has 0 bridgehead atoms. The van der Waals surface area contributed by atoms with Gasteiger partial charge in [-0.05, 0) is 81.4 Å². The number of ether oxygens (including phenoxy) is 3. The summed E-state index contributed by atoms with van der Waals surface area (Å²) in [4.78, 5) is 0. The maximum atomic E-state index is 14.1. The van der Waals surface area contributed by atoms with Crippen molar-refractivity contribution in [1.82, 2.24) is 0 Å². The summed E-state index contributed by atoms with van der Waals surface area (Å²) in [6.07, 6.45) is 11.3. The average Bonchev–Trinajstić information content (AvgIpc) is 2.72. The van der Waals surface area contributed by atoms with E-state index in [-0.39, 0.29) is 11.5 Å². The Labute approximate surface area is 167 Å². The maximum absolute atomic E-state index is 14.1. The number of halogens is 2. The molecular formula is C23H32F2O3. The SMILES string of the molecule is CCCC1CCC(C2CCC(COc3ccc(OCC)c(F)c3F)CC2)=CO1. The van der Waals surface area contributed by atoms with Crippen LogP contribution < -0.4 is 9.47 Å². The van der Waals surface area contributed by atoms with Crippen molar-refractivity contribution in [3.8, 4) is 11.5 Å². The quantitative estimate of drug-likeness (QED) is 0.510. The van der Waals surface area contributed by atoms with Crippen molar-refractivity contribution in [2.24, 2.45) is 11.8 Å². The molecule has 1 atom stereocenters. The first-order valence-electron chi connectivity index (χ1n) is 10.7. The molecule has 0 spiro atoms. The predicted octanol–water partition coefficient (Wildman–Crippen LogP) is 6.41. The van der Waals surface area contributed by atoms with E-state index in [9.17, 15) is 8.78 Å². The zero-order valence-electron chi connectivity index (χ0n) is 17.0. The van der Waals surface area contributed by atoms with Crippen LogP contribution in [-0.2, 0) is 4.74 Å². The van der Waals surface area contributed by atoms with Crippen LogP contribution in [0.5, 0.6) is 11.5 Å². The topological polar surface area (TPSA) is 27.7 Å². The molecule has 0 radical (unpaired) electrons. The Balaban J connectivity index is 1.46. The van der Waals surface area contributed by atoms with Gasteiger partial charge in [-0.25, -0.2) is 0 Å². The van der Waals surface area contributed by atoms with Crippen LogP contribution in [0.4, 0.5) is 8.78 Å². The molecule has 1 aromatic rings. The Morgan fingerprint density at radius 3 is 2.21 bits per heavy atom. The second kappa shape index (κ2) is 10.1. The average molecular weight is 395 g/mol. The van der Waals surface area contributed by atoms with Crippen LogP contribution >= 0.6 is 0 Å². The highest BCUT2D eigenvalue weighted by Gasteiger charge is 2.27. The van der Waals surface area contributed by atoms with E-state index >= 15 is 0 Å². The lowest BCUT2D eigenvalue weighted by molar-refractivity contribution is 0.102. The van der Waals surface area contributed by atoms with Gasteiger partial charge in [0.05, 0.1) is 25.6 Å². The zero-order chi connectivity index (χ0) is 19.9. The summed E-state index contributed by atoms with van der Waals surface area (Å²) in [6.45, 7) is 4.64. The number of hydrogen-bond acceptors (Lipinski definition) is 3. The second-order valence-electron chi connectivity index (χ2n) is 7.93. The largest absolute Gasteiger partial charge is 0.498 e. The lowest BCUT2D eigenvalue weighted by Crippen LogP contribution is -2.24. The maximum Gasteiger partial charge on any atom is 0.204 e. The van der Waals surface area contributed by atoms with Gasteiger partial charge in [0, 0.05) is 0 Å². The predicted molar refractivity (Wildman–Crippen MR) is 106 cm³/mol. The molecule has 2 aliphatic rings. The van der Waals surface area contributed by atoms with Gasteiger partial charge in [0.15, 0.2) is 11.5 Å². The number of benzene rings is 1. The molecule has 5 heteroatoms. The highest BCUT2D eigenvalue weighted by molar-refractivity contribution is 5.35. The first kappa shape index (κ1) is 20.9. The summed E-state index contributed by atoms with van der Waals surface area (Å²) < 4.78 is 44.6. The third-order valence-corrected chi connectivity index (χ3v) is 5.93. The van der Waals surface area contributed by atoms with Crippen molar-refractivity contribution >= 4 is 0 Å². The molecule has 3 nitrogen and oxygen atoms in total. The van der Waals surface area contributed by atoms with E-state index in [0.717, 1.165) is 51.4 Å². The van der Waals surface area contributed by atoms with Gasteiger partial charge >= 0.3 is 0 Å². The van der Waals surface area contributed by atoms with Gasteiger partial charge in [-0.3, -0.25) is 0 Å². The van der Waals surface area contributed by atoms with E-state index in [2.05, 4.69) is 6.92 Å². The minimum atomic E-state index is -0.978. The van der Waals surface area contributed by atoms with E-state index in [1.165, 1.54) is 17.7 Å². The first-order chi connectivity index (χ1) is 13.6. The molecule has 28 heavy (non-hydrogen) atoms. The number of hydrogen-bond donors (Lipinski definition) is 0. The van der Waals surface area contributed by atoms with Crippen LogP contribution in [0.3, 0.4) is 0 Å². The lowest BCUT2D eigenvalue weighted by Gasteiger charge is -2.32. The fourth-order valence-electron chi connectivity index (χ4n) is 4.27. The molecule has 0 saturated heterocycles. The summed E-state index contributed by atoms with van der Waals surface area (Å²) in [5.41, 5.74) is 1.45. The molecule has 1 heterocycles. The summed E-state index contributed by atoms with van der Waals surface area (Å²) >= 11 is 0. The van der Waals surface area contributed by atoms with Crippen LogP contribution in [0, 0.1) is 23.5 Å². The van der Waals surface area contributed by atoms with Crippen molar-refractivity contribution in [2.45, 2.75) is 71.3 Å². The standard InChI is InChI=1S/C23H32F2O3/c1-3-5-19-11-10-18(15-27-19)17-8-6-16(7-9-17)14-28-21-13-12-20(26-4-2)22(24)23(21)25/h12-13,15-17,19H,3-11,14H2,1-2H3. The molecule has 3 rings (SSSR count). The summed E-state index contributed by atoms with van der Waals surface area (Å²) in [6, 6.07) is 2.88. The first-order valence-corrected chi connectivity index (χ1v) is 10.7. The molecule has 156 valence electrons. The van der Waals surface area contributed by atoms with Crippen molar-refractivity contribution in [2.75, 3.05) is 13.2 Å². The molecule has 1 aliphatic heterocycles. The Hall–Kier alpha value is -1.78. The Morgan fingerprint density at radius 1 is 0.964 bits per heavy atom. The monoisotopic (exact) mass is 394 g/mol. The van der Waals surface area contributed by atoms with Gasteiger partial charge in [0.25, 0.3) is 0 Å². The third kappa shape index (κ3) is 5.18. The van der Waals surface area contributed by atoms with Crippen LogP contribution in [0.25, 0.3) is 0 Å². The molecule has 1 unspecified atom stereocenters. The van der Waals surface area contributed by atoms with Crippen molar-refractivity contribution in [3.63, 3.8) is 0 Å². The fourth-order valence-corrected chi connectivity index (χ4v) is 4.27. The highest BCUT2D eigenvalue weighted by Crippen LogP contribution is 2.38. The van der Waals surface area contributed by atoms with Crippen LogP contribution in [0.1, 0.15) is 65.2 Å². The smallest absolute Gasteiger partial charge is 0.204 e. The summed E-state index contributed by atoms with van der Waals surface area (Å²) in [5.74, 6) is -1.08. The summed E-state index contributed by atoms with van der Waals surface area (Å²) in [5, 5.41) is 0. The van der Waals surface area contributed by atoms with Gasteiger partial charge in [-0.15, -0.1) is 0 Å². The van der Waals surface area contributed by atoms with Crippen LogP contribution in [0.15, 0.2) is 24.0 Å². The van der Waals surface area contributed by atoms with E-state index < -0.39 is 11.6 Å². The zero-order valence-corrected chi connectivity index (χ0v) is 17.0. The van der Waals surface area contributed by atoms with Crippen molar-refractivity contribution in [1.29, 1.82) is 0 Å². The van der Waals surface area contributed by atoms with Gasteiger partial charge in [-0.1, -0.05) is 13.3 Å². The van der Waals surface area contributed by atoms with Crippen LogP contribution in [-0.4, -0.2) is 19.3 Å². The second-order valence-corrected chi connectivity index (χ2v) is 7.93.